The smallest absolute Gasteiger partial charge is 0.318 e. The summed E-state index contributed by atoms with van der Waals surface area (Å²) in [5, 5.41) is 57.7. The number of methoxy groups -OCH3 is 8. The first-order chi connectivity index (χ1) is 64.0. The van der Waals surface area contributed by atoms with Gasteiger partial charge in [-0.1, -0.05) is 24.3 Å². The van der Waals surface area contributed by atoms with E-state index in [1.165, 1.54) is 87.0 Å². The third-order valence-corrected chi connectivity index (χ3v) is 23.1. The molecule has 54 heteroatoms. The summed E-state index contributed by atoms with van der Waals surface area (Å²) in [6.45, 7) is 0. The summed E-state index contributed by atoms with van der Waals surface area (Å²) in [6, 6.07) is 28.9. The van der Waals surface area contributed by atoms with Crippen LogP contribution in [0.25, 0.3) is 0 Å². The normalized spacial score (nSPS) is 23.7. The zero-order chi connectivity index (χ0) is 103. The number of hydrogen-bond acceptors (Lipinski definition) is 42. The number of carbonyl (C=O) groups is 22. The van der Waals surface area contributed by atoms with Crippen molar-refractivity contribution in [1.29, 1.82) is 0 Å². The number of esters is 12. The van der Waals surface area contributed by atoms with Crippen LogP contribution in [0.5, 0.6) is 0 Å². The van der Waals surface area contributed by atoms with Gasteiger partial charge in [-0.3, -0.25) is 136 Å². The Morgan fingerprint density at radius 2 is 0.514 bits per heavy atom. The van der Waals surface area contributed by atoms with E-state index in [9.17, 15) is 136 Å². The average molecular weight is 2110 g/mol. The monoisotopic (exact) mass is 2110 g/mol. The van der Waals surface area contributed by atoms with Crippen LogP contribution in [-0.4, -0.2) is 222 Å². The maximum Gasteiger partial charge on any atom is 0.318 e. The van der Waals surface area contributed by atoms with Gasteiger partial charge in [0.2, 0.25) is 22.3 Å². The van der Waals surface area contributed by atoms with E-state index in [1.54, 1.807) is 48.5 Å². The molecule has 5 aromatic rings. The molecule has 7 aliphatic rings. The first-order valence-electron chi connectivity index (χ1n) is 38.7. The predicted octanol–water partition coefficient (Wildman–Crippen LogP) is 3.21. The number of nitrogen functional groups attached to an aromatic ring is 3. The zero-order valence-electron chi connectivity index (χ0n) is 73.3. The number of anilines is 5. The molecule has 4 unspecified atom stereocenters. The number of nitrogens with two attached hydrogens (primary N) is 3. The van der Waals surface area contributed by atoms with Crippen molar-refractivity contribution in [2.45, 2.75) is 12.8 Å². The van der Waals surface area contributed by atoms with E-state index in [1.807, 2.05) is 0 Å². The van der Waals surface area contributed by atoms with E-state index in [4.69, 9.17) is 74.7 Å². The van der Waals surface area contributed by atoms with Crippen LogP contribution in [0.4, 0.5) is 45.5 Å². The second kappa shape index (κ2) is 53.1. The number of halogens is 4. The van der Waals surface area contributed by atoms with Gasteiger partial charge >= 0.3 is 94.1 Å². The van der Waals surface area contributed by atoms with Crippen molar-refractivity contribution in [1.82, 2.24) is 0 Å². The Hall–Kier alpha value is -14.6. The molecule has 138 heavy (non-hydrogen) atoms. The van der Waals surface area contributed by atoms with Gasteiger partial charge in [-0.2, -0.15) is 0 Å². The fourth-order valence-electron chi connectivity index (χ4n) is 15.7. The maximum absolute atomic E-state index is 13.2. The van der Waals surface area contributed by atoms with Crippen molar-refractivity contribution in [3.05, 3.63) is 170 Å². The molecule has 2 amide bonds. The fourth-order valence-corrected chi connectivity index (χ4v) is 16.3. The number of nitro benzene ring substituents is 3. The number of nitrogens with one attached hydrogen (secondary N) is 2. The minimum absolute atomic E-state index is 0. The number of Topliss-reactive ketones (excluding diaryl/α,β-unsaturated/α-hetero) is 2. The van der Waals surface area contributed by atoms with Gasteiger partial charge < -0.3 is 97.9 Å². The number of rotatable bonds is 26. The van der Waals surface area contributed by atoms with Crippen molar-refractivity contribution in [2.24, 2.45) is 118 Å². The number of ketones is 2. The van der Waals surface area contributed by atoms with Crippen molar-refractivity contribution in [3.63, 3.8) is 0 Å². The second-order valence-electron chi connectivity index (χ2n) is 29.2. The van der Waals surface area contributed by atoms with Gasteiger partial charge in [0.25, 0.3) is 17.1 Å². The molecule has 0 bridgehead atoms. The van der Waals surface area contributed by atoms with E-state index < -0.39 is 255 Å². The van der Waals surface area contributed by atoms with Crippen LogP contribution in [0.3, 0.4) is 0 Å². The molecule has 2 aliphatic heterocycles. The molecule has 0 spiro atoms. The van der Waals surface area contributed by atoms with Crippen LogP contribution in [-0.2, 0) is 186 Å². The number of aliphatic hydroxyl groups is 1. The molecule has 11 N–H and O–H groups in total. The van der Waals surface area contributed by atoms with Crippen molar-refractivity contribution in [3.8, 4) is 0 Å². The van der Waals surface area contributed by atoms with Crippen LogP contribution in [0.2, 0.25) is 0 Å². The van der Waals surface area contributed by atoms with Crippen LogP contribution < -0.4 is 27.8 Å². The number of nitrogens with zero attached hydrogens (tertiary/aromatic N) is 3. The third kappa shape index (κ3) is 27.9. The molecule has 0 radical (unpaired) electrons. The number of hydrogen-bond donors (Lipinski definition) is 8. The SMILES string of the molecule is CO.COC(=O)C1C(C(=O)Cc2ccc(N)cc2)C(C(=O)OC)C1C(=O)Nc1ccc(N)cc1.COC(=O)C1C(C(=O)Cc2ccc([N+](=O)[O-])cc2)C(C(=O)OC)C1C(=O)Nc1ccc([N+](=O)[O-])cc1.COC(=O)C1C(C(=O)Cl)C(C(=O)OC)C1C(=O)Cl.COC(=O)C1C(C(=O)O)C(C(=O)OC)C1C(=O)O.Nc1ccc([N+](=O)[O-])cc1.O=C(Cl)C(=O)Cl.O=C1OC(=O)C2C1C1C(=O)OC(=O)C21.[CH3-].[Pd]. The summed E-state index contributed by atoms with van der Waals surface area (Å²) in [6.07, 6.45) is -0.279. The predicted molar refractivity (Wildman–Crippen MR) is 461 cm³/mol. The Morgan fingerprint density at radius 3 is 0.725 bits per heavy atom. The number of carboxylic acid groups (broad SMARTS) is 2. The van der Waals surface area contributed by atoms with E-state index in [0.29, 0.717) is 33.9 Å². The number of amides is 2. The molecule has 2 saturated heterocycles. The molecule has 4 atom stereocenters. The van der Waals surface area contributed by atoms with Crippen molar-refractivity contribution >= 4 is 220 Å². The molecule has 49 nitrogen and oxygen atoms in total. The summed E-state index contributed by atoms with van der Waals surface area (Å²) in [5.41, 5.74) is 19.6. The summed E-state index contributed by atoms with van der Waals surface area (Å²) >= 11 is 19.6. The van der Waals surface area contributed by atoms with E-state index in [2.05, 4.69) is 62.3 Å². The Balaban J connectivity index is 0.000000436. The first kappa shape index (κ1) is 118. The number of nitro groups is 3. The van der Waals surface area contributed by atoms with E-state index in [-0.39, 0.29) is 69.2 Å². The molecule has 7 fully saturated rings. The molecule has 746 valence electrons. The maximum atomic E-state index is 13.2. The van der Waals surface area contributed by atoms with E-state index in [0.717, 1.165) is 49.8 Å². The molecule has 12 rings (SSSR count). The average Bonchev–Trinajstić information content (AvgIpc) is 1.54. The number of aliphatic hydroxyl groups excluding tert-OH is 1. The topological polar surface area (TPSA) is 760 Å². The van der Waals surface area contributed by atoms with Crippen LogP contribution in [0.1, 0.15) is 11.1 Å². The van der Waals surface area contributed by atoms with Gasteiger partial charge in [-0.05, 0) is 118 Å². The summed E-state index contributed by atoms with van der Waals surface area (Å²) in [7, 11) is 9.73. The standard InChI is InChI=1S/C23H21N3O10.C23H25N3O6.C10H10Cl2O6.C10H12O8.C8H4O6.C6H6N2O2.C2Cl2O2.CH4O.CH3.Pd/c1-35-22(29)19-17(16(27)11-12-3-7-14(8-4-12)25(31)32)20(23(30)36-2)18(19)21(28)24-13-5-9-15(10-6-13)26(33)34;1-31-22(29)19-17(16(27)11-12-3-5-13(24)6-4-12)20(23(30)32-2)18(19)21(28)26-15-9-7-14(25)8-10-15;1-17-9(15)5-3(7(11)13)6(10(16)18-2)4(5)8(12)14;1-17-9(15)5-3(7(11)12)6(10(16)18-2)4(5)8(13)14;9-5-1-2(6(10)13-5)4-3(1)7(11)14-8(4)12;7-5-1-3-6(4-2-5)8(9)10;3-1(5)2(4)6;1-2;;/h3-10,17-20H,11H2,1-2H3,(H,24,28);3-10,17-20H,11,24-25H2,1-2H3,(H,26,28);3-6H,1-2H3;3-6H,1-2H3,(H,11,12)(H,13,14);1-4H;1-4H,7H2;;2H,1H3;1H3;/q;;;;;;;;-1;. The van der Waals surface area contributed by atoms with Crippen LogP contribution in [0, 0.1) is 156 Å². The van der Waals surface area contributed by atoms with Gasteiger partial charge in [0.1, 0.15) is 11.6 Å². The van der Waals surface area contributed by atoms with Crippen LogP contribution >= 0.6 is 46.4 Å². The number of carbonyl (C=O) groups excluding carboxylic acids is 20. The molecule has 5 saturated carbocycles. The number of fused-ring (bicyclic) bond motifs is 4. The summed E-state index contributed by atoms with van der Waals surface area (Å²) < 4.78 is 45.6. The van der Waals surface area contributed by atoms with Gasteiger partial charge in [-0.25, -0.2) is 0 Å². The molecule has 5 aromatic carbocycles. The number of aliphatic carboxylic acids is 2. The number of cyclic esters (lactones) is 4. The Bertz CT molecular complexity index is 5040. The number of non-ortho nitro benzene ring substituents is 3. The minimum atomic E-state index is -1.44. The molecular weight excluding hydrogens is 2030 g/mol. The first-order valence-corrected chi connectivity index (χ1v) is 40.2. The molecule has 0 aromatic heterocycles. The number of ether oxygens (including phenoxy) is 10. The van der Waals surface area contributed by atoms with Gasteiger partial charge in [0.15, 0.2) is 0 Å². The van der Waals surface area contributed by atoms with Gasteiger partial charge in [-0.15, -0.1) is 0 Å². The third-order valence-electron chi connectivity index (χ3n) is 22.1. The van der Waals surface area contributed by atoms with Gasteiger partial charge in [0.05, 0.1) is 178 Å². The second-order valence-corrected chi connectivity index (χ2v) is 30.6. The summed E-state index contributed by atoms with van der Waals surface area (Å²) in [5.74, 6) is -37.6. The van der Waals surface area contributed by atoms with E-state index >= 15 is 0 Å². The van der Waals surface area contributed by atoms with Crippen molar-refractivity contribution in [2.75, 3.05) is 91.8 Å². The fraction of sp³-hybridized carbons (Fsp3) is 0.369. The molecular formula is C84H85Cl4N8O41Pd-. The Morgan fingerprint density at radius 1 is 0.326 bits per heavy atom. The summed E-state index contributed by atoms with van der Waals surface area (Å²) in [4.78, 5) is 286. The molecule has 2 heterocycles. The molecule has 5 aliphatic carbocycles. The number of benzene rings is 5. The Labute approximate surface area is 812 Å². The number of carboxylic acids is 2. The van der Waals surface area contributed by atoms with Gasteiger partial charge in [0, 0.05) is 117 Å². The minimum Gasteiger partial charge on any atom is -0.481 e. The van der Waals surface area contributed by atoms with Crippen LogP contribution in [0.15, 0.2) is 121 Å². The largest absolute Gasteiger partial charge is 0.481 e. The quantitative estimate of drug-likeness (QED) is 0.00376. The zero-order valence-corrected chi connectivity index (χ0v) is 77.8. The van der Waals surface area contributed by atoms with Crippen molar-refractivity contribution < 1.29 is 203 Å². The Kier molecular flexibility index (Phi) is 45.2.